The summed E-state index contributed by atoms with van der Waals surface area (Å²) in [6.07, 6.45) is 1.94. The average Bonchev–Trinajstić information content (AvgIpc) is 3.47. The maximum atomic E-state index is 12.3. The lowest BCUT2D eigenvalue weighted by Gasteiger charge is -2.10. The van der Waals surface area contributed by atoms with E-state index in [1.807, 2.05) is 48.0 Å². The average molecular weight is 518 g/mol. The minimum atomic E-state index is -5.08. The predicted molar refractivity (Wildman–Crippen MR) is 131 cm³/mol. The van der Waals surface area contributed by atoms with Gasteiger partial charge in [0.25, 0.3) is 0 Å². The van der Waals surface area contributed by atoms with Crippen LogP contribution in [0.2, 0.25) is 0 Å². The molecule has 1 amide bonds. The molecule has 2 N–H and O–H groups in total. The number of carbonyl (C=O) groups excluding carboxylic acids is 1. The van der Waals surface area contributed by atoms with E-state index < -0.39 is 12.1 Å². The second kappa shape index (κ2) is 11.5. The van der Waals surface area contributed by atoms with Crippen LogP contribution in [0.1, 0.15) is 16.8 Å². The first-order valence-electron chi connectivity index (χ1n) is 10.5. The Hall–Kier alpha value is -4.12. The second-order valence-corrected chi connectivity index (χ2v) is 8.38. The Morgan fingerprint density at radius 1 is 1.22 bits per heavy atom. The number of fused-ring (bicyclic) bond motifs is 1. The molecule has 0 bridgehead atoms. The van der Waals surface area contributed by atoms with Gasteiger partial charge in [0.1, 0.15) is 5.75 Å². The summed E-state index contributed by atoms with van der Waals surface area (Å²) in [5, 5.41) is 13.4. The summed E-state index contributed by atoms with van der Waals surface area (Å²) in [6, 6.07) is 14.0. The zero-order chi connectivity index (χ0) is 26.3. The number of carboxylic acid groups (broad SMARTS) is 1. The third-order valence-corrected chi connectivity index (χ3v) is 5.89. The predicted octanol–water partition coefficient (Wildman–Crippen LogP) is 5.37. The van der Waals surface area contributed by atoms with Crippen molar-refractivity contribution in [3.05, 3.63) is 83.3 Å². The molecule has 0 spiro atoms. The summed E-state index contributed by atoms with van der Waals surface area (Å²) in [4.78, 5) is 25.4. The number of nitrogens with one attached hydrogen (secondary N) is 1. The lowest BCUT2D eigenvalue weighted by molar-refractivity contribution is -0.192. The Balaban J connectivity index is 0.000000454. The van der Waals surface area contributed by atoms with Crippen LogP contribution < -0.4 is 10.1 Å². The third kappa shape index (κ3) is 6.95. The van der Waals surface area contributed by atoms with Crippen molar-refractivity contribution in [2.75, 3.05) is 7.11 Å². The number of amides is 1. The Labute approximate surface area is 208 Å². The number of aliphatic carboxylic acids is 1. The van der Waals surface area contributed by atoms with E-state index in [2.05, 4.69) is 27.8 Å². The minimum absolute atomic E-state index is 0.131. The molecule has 0 aliphatic heterocycles. The van der Waals surface area contributed by atoms with Crippen LogP contribution in [0.25, 0.3) is 21.8 Å². The van der Waals surface area contributed by atoms with E-state index in [9.17, 15) is 18.0 Å². The van der Waals surface area contributed by atoms with Crippen molar-refractivity contribution in [2.24, 2.45) is 0 Å². The molecule has 0 saturated carbocycles. The van der Waals surface area contributed by atoms with Crippen LogP contribution in [0.4, 0.5) is 13.2 Å². The van der Waals surface area contributed by atoms with E-state index >= 15 is 0 Å². The summed E-state index contributed by atoms with van der Waals surface area (Å²) >= 11 is 1.69. The van der Waals surface area contributed by atoms with Gasteiger partial charge in [-0.05, 0) is 53.1 Å². The Morgan fingerprint density at radius 2 is 1.94 bits per heavy atom. The highest BCUT2D eigenvalue weighted by atomic mass is 32.1. The number of benzene rings is 2. The third-order valence-electron chi connectivity index (χ3n) is 4.88. The quantitative estimate of drug-likeness (QED) is 0.336. The van der Waals surface area contributed by atoms with Crippen molar-refractivity contribution in [1.29, 1.82) is 0 Å². The van der Waals surface area contributed by atoms with Gasteiger partial charge in [0, 0.05) is 23.5 Å². The van der Waals surface area contributed by atoms with Crippen LogP contribution in [-0.4, -0.2) is 39.8 Å². The molecule has 11 heteroatoms. The summed E-state index contributed by atoms with van der Waals surface area (Å²) in [5.41, 5.74) is 3.86. The van der Waals surface area contributed by atoms with Gasteiger partial charge in [-0.15, -0.1) is 11.3 Å². The summed E-state index contributed by atoms with van der Waals surface area (Å²) < 4.78 is 40.4. The van der Waals surface area contributed by atoms with Crippen molar-refractivity contribution in [2.45, 2.75) is 19.6 Å². The highest BCUT2D eigenvalue weighted by molar-refractivity contribution is 7.17. The van der Waals surface area contributed by atoms with Crippen molar-refractivity contribution in [3.8, 4) is 11.4 Å². The van der Waals surface area contributed by atoms with Crippen LogP contribution in [0, 0.1) is 6.92 Å². The molecule has 0 aliphatic carbocycles. The van der Waals surface area contributed by atoms with E-state index in [1.54, 1.807) is 36.9 Å². The molecule has 2 aromatic heterocycles. The number of rotatable bonds is 6. The number of hydrogen-bond donors (Lipinski definition) is 2. The molecular weight excluding hydrogens is 495 g/mol. The van der Waals surface area contributed by atoms with Crippen LogP contribution in [0.3, 0.4) is 0 Å². The fourth-order valence-corrected chi connectivity index (χ4v) is 4.11. The van der Waals surface area contributed by atoms with E-state index in [0.717, 1.165) is 28.3 Å². The largest absolute Gasteiger partial charge is 0.495 e. The summed E-state index contributed by atoms with van der Waals surface area (Å²) in [7, 11) is 1.63. The first kappa shape index (κ1) is 26.5. The first-order valence-corrected chi connectivity index (χ1v) is 11.4. The highest BCUT2D eigenvalue weighted by Gasteiger charge is 2.38. The van der Waals surface area contributed by atoms with Gasteiger partial charge in [-0.3, -0.25) is 4.79 Å². The number of carbonyl (C=O) groups is 2. The Bertz CT molecular complexity index is 1390. The summed E-state index contributed by atoms with van der Waals surface area (Å²) in [6.45, 7) is 2.45. The molecular formula is C25H22F3N3O4S. The van der Waals surface area contributed by atoms with Gasteiger partial charge in [-0.2, -0.15) is 13.2 Å². The lowest BCUT2D eigenvalue weighted by Crippen LogP contribution is -2.21. The number of carboxylic acids is 1. The molecule has 0 fully saturated rings. The molecule has 4 aromatic rings. The summed E-state index contributed by atoms with van der Waals surface area (Å²) in [5.74, 6) is -2.17. The number of nitrogens with zero attached hydrogens (tertiary/aromatic N) is 2. The van der Waals surface area contributed by atoms with Crippen molar-refractivity contribution < 1.29 is 32.6 Å². The molecule has 0 radical (unpaired) electrons. The standard InChI is InChI=1S/C23H21N3O2S.C2HF3O2/c1-16-13-26(15-25-16)20-9-7-17(11-21(20)28-2)8-10-23(27)24-12-18-14-29-22-6-4-3-5-19(18)22;3-2(4,5)1(6)7/h3-11,13-15H,12H2,1-2H3,(H,24,27);(H,6,7)/b10-8+;. The van der Waals surface area contributed by atoms with Gasteiger partial charge in [-0.25, -0.2) is 9.78 Å². The number of methoxy groups -OCH3 is 1. The molecule has 4 rings (SSSR count). The van der Waals surface area contributed by atoms with E-state index in [4.69, 9.17) is 14.6 Å². The highest BCUT2D eigenvalue weighted by Crippen LogP contribution is 2.26. The monoisotopic (exact) mass is 517 g/mol. The molecule has 2 heterocycles. The number of alkyl halides is 3. The Kier molecular flexibility index (Phi) is 8.49. The van der Waals surface area contributed by atoms with Gasteiger partial charge >= 0.3 is 12.1 Å². The molecule has 2 aromatic carbocycles. The number of halogens is 3. The fraction of sp³-hybridized carbons (Fsp3) is 0.160. The molecule has 188 valence electrons. The first-order chi connectivity index (χ1) is 17.1. The number of hydrogen-bond acceptors (Lipinski definition) is 5. The number of ether oxygens (including phenoxy) is 1. The van der Waals surface area contributed by atoms with Crippen LogP contribution in [-0.2, 0) is 16.1 Å². The van der Waals surface area contributed by atoms with Gasteiger partial charge in [0.05, 0.1) is 24.8 Å². The number of thiophene rings is 1. The zero-order valence-corrected chi connectivity index (χ0v) is 20.1. The number of aromatic nitrogens is 2. The van der Waals surface area contributed by atoms with E-state index in [1.165, 1.54) is 10.1 Å². The van der Waals surface area contributed by atoms with Crippen molar-refractivity contribution in [3.63, 3.8) is 0 Å². The van der Waals surface area contributed by atoms with Crippen molar-refractivity contribution >= 4 is 39.4 Å². The van der Waals surface area contributed by atoms with Gasteiger partial charge in [0.2, 0.25) is 5.91 Å². The lowest BCUT2D eigenvalue weighted by atomic mass is 10.1. The smallest absolute Gasteiger partial charge is 0.490 e. The second-order valence-electron chi connectivity index (χ2n) is 7.46. The molecule has 7 nitrogen and oxygen atoms in total. The van der Waals surface area contributed by atoms with Crippen LogP contribution >= 0.6 is 11.3 Å². The minimum Gasteiger partial charge on any atom is -0.495 e. The maximum absolute atomic E-state index is 12.3. The van der Waals surface area contributed by atoms with Gasteiger partial charge < -0.3 is 19.7 Å². The van der Waals surface area contributed by atoms with Crippen molar-refractivity contribution in [1.82, 2.24) is 14.9 Å². The Morgan fingerprint density at radius 3 is 2.58 bits per heavy atom. The van der Waals surface area contributed by atoms with E-state index in [-0.39, 0.29) is 5.91 Å². The molecule has 0 saturated heterocycles. The maximum Gasteiger partial charge on any atom is 0.490 e. The fourth-order valence-electron chi connectivity index (χ4n) is 3.15. The molecule has 0 unspecified atom stereocenters. The van der Waals surface area contributed by atoms with Crippen LogP contribution in [0.15, 0.2) is 66.4 Å². The normalized spacial score (nSPS) is 11.2. The molecule has 0 atom stereocenters. The molecule has 0 aliphatic rings. The molecule has 36 heavy (non-hydrogen) atoms. The van der Waals surface area contributed by atoms with E-state index in [0.29, 0.717) is 6.54 Å². The number of aryl methyl sites for hydroxylation is 1. The zero-order valence-electron chi connectivity index (χ0n) is 19.2. The number of imidazole rings is 1. The topological polar surface area (TPSA) is 93.5 Å². The van der Waals surface area contributed by atoms with Gasteiger partial charge in [-0.1, -0.05) is 24.3 Å². The SMILES string of the molecule is COc1cc(/C=C/C(=O)NCc2csc3ccccc23)ccc1-n1cnc(C)c1.O=C(O)C(F)(F)F. The van der Waals surface area contributed by atoms with Gasteiger partial charge in [0.15, 0.2) is 0 Å². The van der Waals surface area contributed by atoms with Crippen LogP contribution in [0.5, 0.6) is 5.75 Å².